The number of amides is 2. The number of hydrazine groups is 1. The van der Waals surface area contributed by atoms with Crippen molar-refractivity contribution in [1.82, 2.24) is 10.3 Å². The molecule has 0 spiro atoms. The number of alkyl halides is 3. The minimum absolute atomic E-state index is 0.357. The number of urea groups is 1. The van der Waals surface area contributed by atoms with E-state index in [-0.39, 0.29) is 0 Å². The number of rotatable bonds is 1. The first kappa shape index (κ1) is 14.9. The van der Waals surface area contributed by atoms with E-state index in [1.807, 2.05) is 5.43 Å². The van der Waals surface area contributed by atoms with E-state index in [0.717, 1.165) is 12.1 Å². The van der Waals surface area contributed by atoms with Crippen LogP contribution in [0.2, 0.25) is 0 Å². The number of carbonyl (C=O) groups is 1. The van der Waals surface area contributed by atoms with Gasteiger partial charge in [0.15, 0.2) is 0 Å². The van der Waals surface area contributed by atoms with Crippen LogP contribution in [0.25, 0.3) is 5.70 Å². The maximum Gasteiger partial charge on any atom is 0.416 e. The fourth-order valence-corrected chi connectivity index (χ4v) is 1.91. The van der Waals surface area contributed by atoms with Crippen molar-refractivity contribution >= 4 is 11.7 Å². The molecule has 0 atom stereocenters. The lowest BCUT2D eigenvalue weighted by molar-refractivity contribution is -0.137. The van der Waals surface area contributed by atoms with Crippen LogP contribution >= 0.6 is 0 Å². The molecular formula is C14H12F3N3O. The number of hydrogen-bond donors (Lipinski definition) is 2. The highest BCUT2D eigenvalue weighted by molar-refractivity contribution is 5.89. The van der Waals surface area contributed by atoms with E-state index in [1.165, 1.54) is 17.0 Å². The molecule has 2 amide bonds. The zero-order chi connectivity index (χ0) is 15.6. The van der Waals surface area contributed by atoms with E-state index in [2.05, 4.69) is 6.58 Å². The molecule has 0 fully saturated rings. The van der Waals surface area contributed by atoms with Gasteiger partial charge >= 0.3 is 12.2 Å². The fraction of sp³-hybridized carbons (Fsp3) is 0.0714. The number of nitrogens with zero attached hydrogens (tertiary/aromatic N) is 1. The van der Waals surface area contributed by atoms with Gasteiger partial charge in [0.05, 0.1) is 11.3 Å². The summed E-state index contributed by atoms with van der Waals surface area (Å²) < 4.78 is 37.7. The Morgan fingerprint density at radius 3 is 2.38 bits per heavy atom. The van der Waals surface area contributed by atoms with Gasteiger partial charge in [0.2, 0.25) is 0 Å². The van der Waals surface area contributed by atoms with Gasteiger partial charge in [-0.15, -0.1) is 0 Å². The second-order valence-corrected chi connectivity index (χ2v) is 4.26. The molecule has 0 aliphatic carbocycles. The molecule has 110 valence electrons. The van der Waals surface area contributed by atoms with Gasteiger partial charge in [0, 0.05) is 5.70 Å². The van der Waals surface area contributed by atoms with Crippen LogP contribution in [0.1, 0.15) is 11.1 Å². The minimum Gasteiger partial charge on any atom is -0.275 e. The third-order valence-corrected chi connectivity index (χ3v) is 2.91. The average Bonchev–Trinajstić information content (AvgIpc) is 2.45. The van der Waals surface area contributed by atoms with Gasteiger partial charge in [-0.05, 0) is 29.8 Å². The summed E-state index contributed by atoms with van der Waals surface area (Å²) in [7, 11) is 0. The number of nitrogens with one attached hydrogen (secondary N) is 1. The summed E-state index contributed by atoms with van der Waals surface area (Å²) in [6.45, 7) is 3.70. The summed E-state index contributed by atoms with van der Waals surface area (Å²) in [4.78, 5) is 12.9. The number of allylic oxidation sites excluding steroid dienone is 3. The first-order chi connectivity index (χ1) is 9.84. The van der Waals surface area contributed by atoms with Crippen molar-refractivity contribution in [1.29, 1.82) is 0 Å². The molecular weight excluding hydrogens is 283 g/mol. The molecule has 1 aliphatic rings. The molecule has 1 heterocycles. The minimum atomic E-state index is -4.41. The number of halogens is 3. The molecule has 2 rings (SSSR count). The normalized spacial score (nSPS) is 15.0. The van der Waals surface area contributed by atoms with Gasteiger partial charge in [-0.3, -0.25) is 10.3 Å². The zero-order valence-corrected chi connectivity index (χ0v) is 10.8. The van der Waals surface area contributed by atoms with Gasteiger partial charge in [-0.1, -0.05) is 24.8 Å². The van der Waals surface area contributed by atoms with Gasteiger partial charge in [0.25, 0.3) is 0 Å². The van der Waals surface area contributed by atoms with Crippen molar-refractivity contribution in [2.24, 2.45) is 5.84 Å². The SMILES string of the molecule is C=C1C=CC=C(c2ccc(C(F)(F)F)cc2)N1C(=O)NN. The predicted molar refractivity (Wildman–Crippen MR) is 72.3 cm³/mol. The number of benzene rings is 1. The lowest BCUT2D eigenvalue weighted by Crippen LogP contribution is -2.41. The molecule has 0 aromatic heterocycles. The van der Waals surface area contributed by atoms with Gasteiger partial charge in [-0.25, -0.2) is 10.6 Å². The summed E-state index contributed by atoms with van der Waals surface area (Å²) in [5.74, 6) is 5.10. The summed E-state index contributed by atoms with van der Waals surface area (Å²) >= 11 is 0. The van der Waals surface area contributed by atoms with Gasteiger partial charge in [0.1, 0.15) is 0 Å². The van der Waals surface area contributed by atoms with Crippen molar-refractivity contribution in [2.75, 3.05) is 0 Å². The Hall–Kier alpha value is -2.54. The maximum atomic E-state index is 12.6. The molecule has 7 heteroatoms. The van der Waals surface area contributed by atoms with Crippen LogP contribution in [0.3, 0.4) is 0 Å². The van der Waals surface area contributed by atoms with E-state index in [0.29, 0.717) is 17.0 Å². The molecule has 0 saturated heterocycles. The second-order valence-electron chi connectivity index (χ2n) is 4.26. The van der Waals surface area contributed by atoms with E-state index < -0.39 is 17.8 Å². The summed E-state index contributed by atoms with van der Waals surface area (Å²) in [6.07, 6.45) is 0.419. The molecule has 1 aromatic rings. The lowest BCUT2D eigenvalue weighted by Gasteiger charge is -2.27. The van der Waals surface area contributed by atoms with Crippen molar-refractivity contribution in [3.63, 3.8) is 0 Å². The van der Waals surface area contributed by atoms with E-state index in [9.17, 15) is 18.0 Å². The van der Waals surface area contributed by atoms with Crippen molar-refractivity contribution < 1.29 is 18.0 Å². The van der Waals surface area contributed by atoms with Crippen LogP contribution in [-0.4, -0.2) is 10.9 Å². The Morgan fingerprint density at radius 2 is 1.86 bits per heavy atom. The molecule has 3 N–H and O–H groups in total. The third-order valence-electron chi connectivity index (χ3n) is 2.91. The molecule has 1 aliphatic heterocycles. The topological polar surface area (TPSA) is 58.4 Å². The van der Waals surface area contributed by atoms with Crippen LogP contribution in [0.4, 0.5) is 18.0 Å². The summed E-state index contributed by atoms with van der Waals surface area (Å²) in [6, 6.07) is 3.86. The highest BCUT2D eigenvalue weighted by Gasteiger charge is 2.30. The fourth-order valence-electron chi connectivity index (χ4n) is 1.91. The number of carbonyl (C=O) groups excluding carboxylic acids is 1. The van der Waals surface area contributed by atoms with Crippen LogP contribution in [0, 0.1) is 0 Å². The molecule has 0 radical (unpaired) electrons. The largest absolute Gasteiger partial charge is 0.416 e. The number of hydrogen-bond acceptors (Lipinski definition) is 2. The van der Waals surface area contributed by atoms with Crippen LogP contribution in [0.15, 0.2) is 54.8 Å². The highest BCUT2D eigenvalue weighted by atomic mass is 19.4. The van der Waals surface area contributed by atoms with E-state index in [1.54, 1.807) is 18.2 Å². The maximum absolute atomic E-state index is 12.6. The molecule has 21 heavy (non-hydrogen) atoms. The van der Waals surface area contributed by atoms with Crippen LogP contribution < -0.4 is 11.3 Å². The first-order valence-electron chi connectivity index (χ1n) is 5.90. The Balaban J connectivity index is 2.39. The predicted octanol–water partition coefficient (Wildman–Crippen LogP) is 3.02. The smallest absolute Gasteiger partial charge is 0.275 e. The Morgan fingerprint density at radius 1 is 1.24 bits per heavy atom. The Kier molecular flexibility index (Phi) is 3.86. The average molecular weight is 295 g/mol. The summed E-state index contributed by atoms with van der Waals surface area (Å²) in [5, 5.41) is 0. The van der Waals surface area contributed by atoms with E-state index >= 15 is 0 Å². The first-order valence-corrected chi connectivity index (χ1v) is 5.90. The molecule has 4 nitrogen and oxygen atoms in total. The number of nitrogens with two attached hydrogens (primary N) is 1. The lowest BCUT2D eigenvalue weighted by atomic mass is 10.0. The van der Waals surface area contributed by atoms with Crippen LogP contribution in [0.5, 0.6) is 0 Å². The van der Waals surface area contributed by atoms with Crippen molar-refractivity contribution in [2.45, 2.75) is 6.18 Å². The monoisotopic (exact) mass is 295 g/mol. The summed E-state index contributed by atoms with van der Waals surface area (Å²) in [5.41, 5.74) is 2.40. The zero-order valence-electron chi connectivity index (χ0n) is 10.8. The Labute approximate surface area is 119 Å². The van der Waals surface area contributed by atoms with Gasteiger partial charge < -0.3 is 0 Å². The quantitative estimate of drug-likeness (QED) is 0.475. The molecule has 0 bridgehead atoms. The standard InChI is InChI=1S/C14H12F3N3O/c1-9-3-2-4-12(20(9)13(21)19-18)10-5-7-11(8-6-10)14(15,16)17/h2-8H,1,18H2,(H,19,21). The molecule has 0 saturated carbocycles. The van der Waals surface area contributed by atoms with Crippen molar-refractivity contribution in [3.8, 4) is 0 Å². The second kappa shape index (κ2) is 5.45. The van der Waals surface area contributed by atoms with Crippen LogP contribution in [-0.2, 0) is 6.18 Å². The molecule has 1 aromatic carbocycles. The third kappa shape index (κ3) is 2.97. The van der Waals surface area contributed by atoms with Gasteiger partial charge in [-0.2, -0.15) is 13.2 Å². The van der Waals surface area contributed by atoms with E-state index in [4.69, 9.17) is 5.84 Å². The molecule has 0 unspecified atom stereocenters. The highest BCUT2D eigenvalue weighted by Crippen LogP contribution is 2.32. The van der Waals surface area contributed by atoms with Crippen molar-refractivity contribution in [3.05, 3.63) is 65.9 Å². The Bertz CT molecular complexity index is 630.